The molecule has 0 radical (unpaired) electrons. The van der Waals surface area contributed by atoms with Gasteiger partial charge in [-0.2, -0.15) is 0 Å². The van der Waals surface area contributed by atoms with Crippen LogP contribution in [0.1, 0.15) is 16.8 Å². The Bertz CT molecular complexity index is 1980. The maximum atomic E-state index is 16.2. The summed E-state index contributed by atoms with van der Waals surface area (Å²) in [7, 11) is 1.78. The Morgan fingerprint density at radius 2 is 1.82 bits per heavy atom. The molecule has 0 spiro atoms. The number of likely N-dealkylation sites (N-methyl/N-ethyl adjacent to an activating group) is 1. The number of halogens is 3. The summed E-state index contributed by atoms with van der Waals surface area (Å²) in [5.41, 5.74) is -2.54. The van der Waals surface area contributed by atoms with Crippen molar-refractivity contribution >= 4 is 52.1 Å². The van der Waals surface area contributed by atoms with E-state index in [1.54, 1.807) is 37.4 Å². The molecule has 4 heterocycles. The summed E-state index contributed by atoms with van der Waals surface area (Å²) >= 11 is 1.29. The molecule has 0 bridgehead atoms. The minimum atomic E-state index is -1.62. The first kappa shape index (κ1) is 34.8. The smallest absolute Gasteiger partial charge is 0.352 e. The fourth-order valence-corrected chi connectivity index (χ4v) is 7.92. The second-order valence-electron chi connectivity index (χ2n) is 12.1. The minimum absolute atomic E-state index is 0.0228. The average Bonchev–Trinajstić information content (AvgIpc) is 3.08. The quantitative estimate of drug-likeness (QED) is 0.250. The normalized spacial score (nSPS) is 20.8. The largest absolute Gasteiger partial charge is 0.484 e. The number of carbonyl (C=O) groups excluding carboxylic acids is 2. The van der Waals surface area contributed by atoms with Crippen LogP contribution in [-0.4, -0.2) is 112 Å². The average molecular weight is 716 g/mol. The SMILES string of the molecule is CN1CCN(c2c(F)cc3c(=O)c(C(=O)O)cn(CCF)c3c2F)C[C@H]1CC1=C(C(=O)O)N2C(=O)[C@H](NC(=O)COc3ccccc3)[C@@H]2SC1. The molecule has 50 heavy (non-hydrogen) atoms. The number of nitrogens with one attached hydrogen (secondary N) is 1. The standard InChI is InChI=1S/C33H32F3N5O8S/c1-38-9-10-40(28-22(35)12-20-27(24(28)36)39(8-7-34)14-21(29(20)43)32(45)46)13-18(38)11-17-16-50-31-25(30(44)41(31)26(17)33(47)48)37-23(42)15-49-19-5-3-2-4-6-19/h2-6,12,14,18,25,31H,7-11,13,15-16H2,1H3,(H,37,42)(H,45,46)(H,47,48)/t18-,25+,31+/m1/s1. The summed E-state index contributed by atoms with van der Waals surface area (Å²) in [6.07, 6.45) is 0.967. The lowest BCUT2D eigenvalue weighted by Crippen LogP contribution is -2.71. The number of benzene rings is 2. The molecule has 13 nitrogen and oxygen atoms in total. The monoisotopic (exact) mass is 715 g/mol. The van der Waals surface area contributed by atoms with Crippen LogP contribution >= 0.6 is 11.8 Å². The first-order valence-electron chi connectivity index (χ1n) is 15.6. The molecule has 17 heteroatoms. The number of aryl methyl sites for hydroxylation is 1. The molecular formula is C33H32F3N5O8S. The number of aliphatic carboxylic acids is 1. The van der Waals surface area contributed by atoms with Crippen molar-refractivity contribution < 1.29 is 47.3 Å². The number of alkyl halides is 1. The lowest BCUT2D eigenvalue weighted by atomic mass is 9.97. The van der Waals surface area contributed by atoms with E-state index in [4.69, 9.17) is 4.74 Å². The molecule has 3 aromatic rings. The Balaban J connectivity index is 1.22. The maximum Gasteiger partial charge on any atom is 0.352 e. The molecule has 3 N–H and O–H groups in total. The van der Waals surface area contributed by atoms with Crippen LogP contribution < -0.4 is 20.4 Å². The Labute approximate surface area is 286 Å². The number of nitrogens with zero attached hydrogens (tertiary/aromatic N) is 4. The van der Waals surface area contributed by atoms with E-state index in [2.05, 4.69) is 5.32 Å². The lowest BCUT2D eigenvalue weighted by Gasteiger charge is -2.50. The molecular weight excluding hydrogens is 683 g/mol. The fraction of sp³-hybridized carbons (Fsp3) is 0.364. The van der Waals surface area contributed by atoms with E-state index in [0.717, 1.165) is 21.7 Å². The van der Waals surface area contributed by atoms with E-state index in [0.29, 0.717) is 17.9 Å². The maximum absolute atomic E-state index is 16.2. The summed E-state index contributed by atoms with van der Waals surface area (Å²) in [5.74, 6) is -5.65. The number of carbonyl (C=O) groups is 4. The van der Waals surface area contributed by atoms with Gasteiger partial charge in [-0.05, 0) is 37.2 Å². The first-order chi connectivity index (χ1) is 23.9. The van der Waals surface area contributed by atoms with E-state index in [1.165, 1.54) is 16.7 Å². The number of anilines is 1. The van der Waals surface area contributed by atoms with E-state index >= 15 is 8.78 Å². The minimum Gasteiger partial charge on any atom is -0.484 e. The number of para-hydroxylation sites is 1. The number of thioether (sulfide) groups is 1. The predicted molar refractivity (Wildman–Crippen MR) is 176 cm³/mol. The molecule has 3 aliphatic heterocycles. The number of piperazine rings is 1. The third-order valence-corrected chi connectivity index (χ3v) is 10.4. The van der Waals surface area contributed by atoms with Crippen LogP contribution in [0.2, 0.25) is 0 Å². The van der Waals surface area contributed by atoms with Crippen molar-refractivity contribution in [1.29, 1.82) is 0 Å². The molecule has 2 amide bonds. The summed E-state index contributed by atoms with van der Waals surface area (Å²) in [5, 5.41) is 21.0. The number of fused-ring (bicyclic) bond motifs is 2. The highest BCUT2D eigenvalue weighted by atomic mass is 32.2. The van der Waals surface area contributed by atoms with Crippen LogP contribution in [0.25, 0.3) is 10.9 Å². The third-order valence-electron chi connectivity index (χ3n) is 9.04. The van der Waals surface area contributed by atoms with E-state index < -0.39 is 93.6 Å². The van der Waals surface area contributed by atoms with Crippen LogP contribution in [0.5, 0.6) is 5.75 Å². The third kappa shape index (κ3) is 6.37. The molecule has 264 valence electrons. The molecule has 3 atom stereocenters. The van der Waals surface area contributed by atoms with Crippen LogP contribution in [-0.2, 0) is 20.9 Å². The summed E-state index contributed by atoms with van der Waals surface area (Å²) in [4.78, 5) is 67.1. The Morgan fingerprint density at radius 1 is 1.08 bits per heavy atom. The van der Waals surface area contributed by atoms with Gasteiger partial charge in [0.25, 0.3) is 11.8 Å². The molecule has 1 aromatic heterocycles. The van der Waals surface area contributed by atoms with Crippen molar-refractivity contribution in [3.05, 3.63) is 81.3 Å². The Morgan fingerprint density at radius 3 is 2.50 bits per heavy atom. The molecule has 0 saturated carbocycles. The number of aromatic nitrogens is 1. The number of β-lactam (4-membered cyclic amide) rings is 1. The number of pyridine rings is 1. The zero-order chi connectivity index (χ0) is 35.9. The number of carboxylic acids is 2. The van der Waals surface area contributed by atoms with Gasteiger partial charge in [-0.3, -0.25) is 24.2 Å². The van der Waals surface area contributed by atoms with Crippen molar-refractivity contribution in [3.8, 4) is 5.75 Å². The van der Waals surface area contributed by atoms with Crippen LogP contribution in [0.15, 0.2) is 58.7 Å². The highest BCUT2D eigenvalue weighted by molar-refractivity contribution is 8.00. The Kier molecular flexibility index (Phi) is 9.80. The van der Waals surface area contributed by atoms with Crippen LogP contribution in [0, 0.1) is 11.6 Å². The lowest BCUT2D eigenvalue weighted by molar-refractivity contribution is -0.151. The van der Waals surface area contributed by atoms with Gasteiger partial charge in [0, 0.05) is 37.6 Å². The number of ether oxygens (including phenoxy) is 1. The van der Waals surface area contributed by atoms with Crippen molar-refractivity contribution in [2.24, 2.45) is 0 Å². The van der Waals surface area contributed by atoms with E-state index in [9.17, 15) is 38.6 Å². The molecule has 2 saturated heterocycles. The second kappa shape index (κ2) is 14.1. The van der Waals surface area contributed by atoms with Crippen molar-refractivity contribution in [2.75, 3.05) is 50.6 Å². The van der Waals surface area contributed by atoms with Gasteiger partial charge < -0.3 is 29.7 Å². The molecule has 2 aromatic carbocycles. The fourth-order valence-electron chi connectivity index (χ4n) is 6.56. The zero-order valence-corrected chi connectivity index (χ0v) is 27.4. The van der Waals surface area contributed by atoms with Gasteiger partial charge in [-0.1, -0.05) is 18.2 Å². The number of rotatable bonds is 11. The molecule has 0 aliphatic carbocycles. The number of hydrogen-bond donors (Lipinski definition) is 3. The number of amides is 2. The van der Waals surface area contributed by atoms with Crippen LogP contribution in [0.3, 0.4) is 0 Å². The topological polar surface area (TPSA) is 162 Å². The van der Waals surface area contributed by atoms with Gasteiger partial charge >= 0.3 is 11.9 Å². The number of hydrogen-bond acceptors (Lipinski definition) is 9. The van der Waals surface area contributed by atoms with Gasteiger partial charge in [0.1, 0.15) is 46.6 Å². The summed E-state index contributed by atoms with van der Waals surface area (Å²) in [6, 6.07) is 7.97. The van der Waals surface area contributed by atoms with Crippen molar-refractivity contribution in [2.45, 2.75) is 30.4 Å². The molecule has 3 aliphatic rings. The number of carboxylic acid groups (broad SMARTS) is 2. The molecule has 6 rings (SSSR count). The molecule has 2 fully saturated rings. The second-order valence-corrected chi connectivity index (χ2v) is 13.2. The van der Waals surface area contributed by atoms with Gasteiger partial charge in [-0.25, -0.2) is 22.8 Å². The van der Waals surface area contributed by atoms with E-state index in [-0.39, 0.29) is 37.6 Å². The van der Waals surface area contributed by atoms with Crippen molar-refractivity contribution in [1.82, 2.24) is 19.7 Å². The summed E-state index contributed by atoms with van der Waals surface area (Å²) < 4.78 is 51.6. The highest BCUT2D eigenvalue weighted by Gasteiger charge is 2.54. The van der Waals surface area contributed by atoms with Gasteiger partial charge in [-0.15, -0.1) is 11.8 Å². The van der Waals surface area contributed by atoms with Gasteiger partial charge in [0.15, 0.2) is 12.4 Å². The summed E-state index contributed by atoms with van der Waals surface area (Å²) in [6.45, 7) is -1.34. The highest BCUT2D eigenvalue weighted by Crippen LogP contribution is 2.42. The van der Waals surface area contributed by atoms with Crippen LogP contribution in [0.4, 0.5) is 18.9 Å². The van der Waals surface area contributed by atoms with Gasteiger partial charge in [0.05, 0.1) is 17.4 Å². The van der Waals surface area contributed by atoms with E-state index in [1.807, 2.05) is 4.90 Å². The zero-order valence-electron chi connectivity index (χ0n) is 26.6. The molecule has 0 unspecified atom stereocenters. The van der Waals surface area contributed by atoms with Crippen molar-refractivity contribution in [3.63, 3.8) is 0 Å². The Hall–Kier alpha value is -5.03. The predicted octanol–water partition coefficient (Wildman–Crippen LogP) is 2.28. The number of aromatic carboxylic acids is 1. The first-order valence-corrected chi connectivity index (χ1v) is 16.6. The van der Waals surface area contributed by atoms with Gasteiger partial charge in [0.2, 0.25) is 5.43 Å².